The molecule has 0 fully saturated rings. The van der Waals surface area contributed by atoms with E-state index in [1.54, 1.807) is 24.4 Å². The third-order valence-electron chi connectivity index (χ3n) is 6.00. The molecule has 3 N–H and O–H groups in total. The highest BCUT2D eigenvalue weighted by atomic mass is 16.5. The van der Waals surface area contributed by atoms with E-state index in [4.69, 9.17) is 10.5 Å². The molecule has 0 saturated carbocycles. The Hall–Kier alpha value is -3.54. The Kier molecular flexibility index (Phi) is 6.04. The van der Waals surface area contributed by atoms with Crippen molar-refractivity contribution >= 4 is 17.5 Å². The fourth-order valence-corrected chi connectivity index (χ4v) is 4.34. The van der Waals surface area contributed by atoms with Crippen LogP contribution in [0.25, 0.3) is 0 Å². The van der Waals surface area contributed by atoms with Gasteiger partial charge in [-0.05, 0) is 42.5 Å². The number of nitrogens with zero attached hydrogens (tertiary/aromatic N) is 3. The van der Waals surface area contributed by atoms with E-state index in [0.29, 0.717) is 24.1 Å². The molecule has 0 bridgehead atoms. The predicted molar refractivity (Wildman–Crippen MR) is 117 cm³/mol. The van der Waals surface area contributed by atoms with Crippen LogP contribution >= 0.6 is 0 Å². The van der Waals surface area contributed by atoms with Crippen molar-refractivity contribution in [2.45, 2.75) is 44.7 Å². The van der Waals surface area contributed by atoms with Gasteiger partial charge in [0.15, 0.2) is 6.23 Å². The number of hydrogen-bond acceptors (Lipinski definition) is 6. The van der Waals surface area contributed by atoms with Crippen LogP contribution in [0.3, 0.4) is 0 Å². The van der Waals surface area contributed by atoms with Crippen LogP contribution in [-0.2, 0) is 20.9 Å². The number of hydrogen-bond donors (Lipinski definition) is 2. The van der Waals surface area contributed by atoms with Crippen molar-refractivity contribution in [3.05, 3.63) is 71.0 Å². The first-order valence-electron chi connectivity index (χ1n) is 10.4. The maximum absolute atomic E-state index is 13.4. The lowest BCUT2D eigenvalue weighted by Crippen LogP contribution is -2.44. The van der Waals surface area contributed by atoms with Crippen molar-refractivity contribution < 1.29 is 19.4 Å². The van der Waals surface area contributed by atoms with Gasteiger partial charge < -0.3 is 20.5 Å². The zero-order valence-corrected chi connectivity index (χ0v) is 17.6. The fourth-order valence-electron chi connectivity index (χ4n) is 4.34. The summed E-state index contributed by atoms with van der Waals surface area (Å²) < 4.78 is 6.14. The van der Waals surface area contributed by atoms with Gasteiger partial charge in [0.1, 0.15) is 6.10 Å². The van der Waals surface area contributed by atoms with Gasteiger partial charge in [0.25, 0.3) is 0 Å². The highest BCUT2D eigenvalue weighted by molar-refractivity contribution is 6.09. The van der Waals surface area contributed by atoms with E-state index in [2.05, 4.69) is 11.1 Å². The minimum absolute atomic E-state index is 0.164. The Labute approximate surface area is 186 Å². The summed E-state index contributed by atoms with van der Waals surface area (Å²) in [6.45, 7) is 2.10. The van der Waals surface area contributed by atoms with E-state index >= 15 is 0 Å². The number of nitriles is 1. The van der Waals surface area contributed by atoms with Crippen LogP contribution in [0.1, 0.15) is 30.9 Å². The summed E-state index contributed by atoms with van der Waals surface area (Å²) in [4.78, 5) is 30.4. The number of amides is 2. The van der Waals surface area contributed by atoms with Gasteiger partial charge in [0.05, 0.1) is 35.9 Å². The summed E-state index contributed by atoms with van der Waals surface area (Å²) in [7, 11) is 0. The van der Waals surface area contributed by atoms with Crippen LogP contribution in [0.4, 0.5) is 0 Å². The lowest BCUT2D eigenvalue weighted by molar-refractivity contribution is -0.133. The molecule has 0 aromatic heterocycles. The Morgan fingerprint density at radius 2 is 2.22 bits per heavy atom. The number of ether oxygens (including phenoxy) is 1. The van der Waals surface area contributed by atoms with Crippen molar-refractivity contribution in [2.75, 3.05) is 0 Å². The third-order valence-corrected chi connectivity index (χ3v) is 6.00. The van der Waals surface area contributed by atoms with Gasteiger partial charge in [-0.3, -0.25) is 14.6 Å². The van der Waals surface area contributed by atoms with Crippen molar-refractivity contribution in [2.24, 2.45) is 16.6 Å². The van der Waals surface area contributed by atoms with Crippen molar-refractivity contribution in [3.8, 4) is 6.07 Å². The van der Waals surface area contributed by atoms with E-state index in [9.17, 15) is 20.0 Å². The largest absolute Gasteiger partial charge is 0.370 e. The van der Waals surface area contributed by atoms with Gasteiger partial charge in [-0.1, -0.05) is 30.4 Å². The summed E-state index contributed by atoms with van der Waals surface area (Å²) in [5, 5.41) is 20.2. The van der Waals surface area contributed by atoms with E-state index < -0.39 is 30.2 Å². The first-order chi connectivity index (χ1) is 15.4. The molecule has 0 saturated heterocycles. The summed E-state index contributed by atoms with van der Waals surface area (Å²) in [5.41, 5.74) is 8.59. The number of allylic oxidation sites excluding steroid dienone is 2. The minimum atomic E-state index is -1.13. The summed E-state index contributed by atoms with van der Waals surface area (Å²) >= 11 is 0. The summed E-state index contributed by atoms with van der Waals surface area (Å²) in [6.07, 6.45) is 5.56. The van der Waals surface area contributed by atoms with Crippen LogP contribution in [0, 0.1) is 17.2 Å². The second-order valence-corrected chi connectivity index (χ2v) is 8.12. The van der Waals surface area contributed by atoms with Crippen LogP contribution in [0.5, 0.6) is 0 Å². The smallest absolute Gasteiger partial charge is 0.241 e. The number of carbonyl (C=O) groups is 2. The molecule has 3 aliphatic rings. The Balaban J connectivity index is 1.59. The normalized spacial score (nSPS) is 27.1. The number of aliphatic imine (C=N–C) groups is 1. The fraction of sp³-hybridized carbons (Fsp3) is 0.333. The topological polar surface area (TPSA) is 129 Å². The monoisotopic (exact) mass is 432 g/mol. The molecule has 164 valence electrons. The number of benzene rings is 1. The van der Waals surface area contributed by atoms with Gasteiger partial charge in [-0.15, -0.1) is 0 Å². The molecule has 2 heterocycles. The van der Waals surface area contributed by atoms with Crippen LogP contribution in [-0.4, -0.2) is 45.9 Å². The maximum atomic E-state index is 13.4. The van der Waals surface area contributed by atoms with Crippen molar-refractivity contribution in [3.63, 3.8) is 0 Å². The van der Waals surface area contributed by atoms with E-state index in [1.807, 2.05) is 25.1 Å². The lowest BCUT2D eigenvalue weighted by Gasteiger charge is -2.30. The molecule has 2 aliphatic heterocycles. The number of aliphatic hydroxyl groups excluding tert-OH is 1. The van der Waals surface area contributed by atoms with E-state index in [0.717, 1.165) is 16.7 Å². The SMILES string of the molecule is CC1=CCC2C(=O)N3C=C(C=CC(N)=O)CC3C(O)N=C2C1OCc1ccccc1C#N. The van der Waals surface area contributed by atoms with Gasteiger partial charge in [0, 0.05) is 12.3 Å². The van der Waals surface area contributed by atoms with Crippen LogP contribution in [0.2, 0.25) is 0 Å². The summed E-state index contributed by atoms with van der Waals surface area (Å²) in [5.74, 6) is -1.29. The molecule has 4 atom stereocenters. The van der Waals surface area contributed by atoms with Crippen LogP contribution in [0.15, 0.2) is 64.8 Å². The third kappa shape index (κ3) is 4.13. The first kappa shape index (κ1) is 21.7. The highest BCUT2D eigenvalue weighted by Crippen LogP contribution is 2.35. The molecular weight excluding hydrogens is 408 g/mol. The van der Waals surface area contributed by atoms with Crippen LogP contribution < -0.4 is 5.73 Å². The molecule has 1 aliphatic carbocycles. The average molecular weight is 432 g/mol. The molecule has 4 rings (SSSR count). The molecule has 0 radical (unpaired) electrons. The predicted octanol–water partition coefficient (Wildman–Crippen LogP) is 1.71. The number of rotatable bonds is 5. The van der Waals surface area contributed by atoms with Gasteiger partial charge in [0.2, 0.25) is 11.8 Å². The number of aliphatic hydroxyl groups is 1. The molecule has 2 amide bonds. The van der Waals surface area contributed by atoms with E-state index in [1.165, 1.54) is 11.0 Å². The number of fused-ring (bicyclic) bond motifs is 2. The van der Waals surface area contributed by atoms with Gasteiger partial charge >= 0.3 is 0 Å². The zero-order chi connectivity index (χ0) is 22.8. The quantitative estimate of drug-likeness (QED) is 0.541. The van der Waals surface area contributed by atoms with Gasteiger partial charge in [-0.25, -0.2) is 0 Å². The molecule has 1 aromatic rings. The Morgan fingerprint density at radius 3 is 2.97 bits per heavy atom. The average Bonchev–Trinajstić information content (AvgIpc) is 3.18. The lowest BCUT2D eigenvalue weighted by atomic mass is 9.85. The van der Waals surface area contributed by atoms with Crippen molar-refractivity contribution in [1.82, 2.24) is 4.90 Å². The molecule has 4 unspecified atom stereocenters. The summed E-state index contributed by atoms with van der Waals surface area (Å²) in [6, 6.07) is 8.80. The van der Waals surface area contributed by atoms with Crippen molar-refractivity contribution in [1.29, 1.82) is 5.26 Å². The molecule has 8 heteroatoms. The second-order valence-electron chi connectivity index (χ2n) is 8.12. The second kappa shape index (κ2) is 8.91. The molecule has 32 heavy (non-hydrogen) atoms. The molecule has 1 aromatic carbocycles. The standard InChI is InChI=1S/C24H24N4O4/c1-14-6-8-18-21(22(14)32-13-17-5-3-2-4-16(17)11-25)27-23(30)19-10-15(7-9-20(26)29)12-28(19)24(18)31/h2-7,9,12,18-19,22-23,30H,8,10,13H2,1H3,(H2,26,29). The number of carbonyl (C=O) groups excluding carboxylic acids is 2. The van der Waals surface area contributed by atoms with E-state index in [-0.39, 0.29) is 12.5 Å². The molecular formula is C24H24N4O4. The Bertz CT molecular complexity index is 1110. The molecule has 8 nitrogen and oxygen atoms in total. The molecule has 0 spiro atoms. The highest BCUT2D eigenvalue weighted by Gasteiger charge is 2.45. The Morgan fingerprint density at radius 1 is 1.44 bits per heavy atom. The maximum Gasteiger partial charge on any atom is 0.241 e. The zero-order valence-electron chi connectivity index (χ0n) is 17.6. The number of nitrogens with two attached hydrogens (primary N) is 1. The minimum Gasteiger partial charge on any atom is -0.370 e. The number of primary amides is 1. The first-order valence-corrected chi connectivity index (χ1v) is 10.4. The van der Waals surface area contributed by atoms with Gasteiger partial charge in [-0.2, -0.15) is 5.26 Å².